The monoisotopic (exact) mass is 415 g/mol. The maximum absolute atomic E-state index is 13.4. The molecule has 0 fully saturated rings. The van der Waals surface area contributed by atoms with Gasteiger partial charge in [-0.25, -0.2) is 0 Å². The van der Waals surface area contributed by atoms with Crippen molar-refractivity contribution in [1.29, 1.82) is 0 Å². The number of nitrogens with zero attached hydrogens (tertiary/aromatic N) is 1. The highest BCUT2D eigenvalue weighted by Crippen LogP contribution is 2.40. The van der Waals surface area contributed by atoms with Gasteiger partial charge in [0.15, 0.2) is 0 Å². The molecule has 0 radical (unpaired) electrons. The number of aliphatic carboxylic acids is 1. The Morgan fingerprint density at radius 3 is 2.39 bits per heavy atom. The van der Waals surface area contributed by atoms with E-state index < -0.39 is 11.9 Å². The van der Waals surface area contributed by atoms with Crippen LogP contribution in [0.5, 0.6) is 0 Å². The summed E-state index contributed by atoms with van der Waals surface area (Å²) in [5, 5.41) is 11.5. The summed E-state index contributed by atoms with van der Waals surface area (Å²) in [5.74, 6) is -1.77. The van der Waals surface area contributed by atoms with Crippen molar-refractivity contribution < 1.29 is 19.4 Å². The number of carboxylic acid groups (broad SMARTS) is 1. The third kappa shape index (κ3) is 4.44. The molecule has 2 N–H and O–H groups in total. The largest absolute Gasteiger partial charge is 0.550 e. The zero-order valence-corrected chi connectivity index (χ0v) is 17.0. The Labute approximate surface area is 180 Å². The molecule has 1 amide bonds. The van der Waals surface area contributed by atoms with Gasteiger partial charge in [-0.15, -0.1) is 0 Å². The molecule has 1 atom stereocenters. The normalized spacial score (nSPS) is 15.2. The number of nitrogens with two attached hydrogens (primary N) is 1. The van der Waals surface area contributed by atoms with Crippen LogP contribution in [0.3, 0.4) is 0 Å². The average molecular weight is 415 g/mol. The van der Waals surface area contributed by atoms with E-state index in [9.17, 15) is 14.7 Å². The zero-order valence-electron chi connectivity index (χ0n) is 17.0. The Kier molecular flexibility index (Phi) is 6.00. The summed E-state index contributed by atoms with van der Waals surface area (Å²) in [6.07, 6.45) is -0.192. The van der Waals surface area contributed by atoms with Crippen molar-refractivity contribution in [3.63, 3.8) is 0 Å². The second-order valence-corrected chi connectivity index (χ2v) is 7.53. The molecule has 0 spiro atoms. The van der Waals surface area contributed by atoms with Gasteiger partial charge in [0.1, 0.15) is 0 Å². The van der Waals surface area contributed by atoms with Gasteiger partial charge in [0.05, 0.1) is 13.2 Å². The van der Waals surface area contributed by atoms with Crippen LogP contribution in [0.25, 0.3) is 0 Å². The minimum absolute atomic E-state index is 0.167. The molecule has 158 valence electrons. The third-order valence-electron chi connectivity index (χ3n) is 5.49. The number of benzene rings is 3. The van der Waals surface area contributed by atoms with Crippen LogP contribution in [0.4, 0.5) is 11.4 Å². The van der Waals surface area contributed by atoms with Crippen molar-refractivity contribution in [2.45, 2.75) is 18.9 Å². The number of fused-ring (bicyclic) bond motifs is 2. The molecule has 0 aromatic heterocycles. The summed E-state index contributed by atoms with van der Waals surface area (Å²) in [7, 11) is 0. The molecule has 1 aliphatic rings. The Bertz CT molecular complexity index is 1090. The molecular formula is C25H23N2O4-. The number of carbonyl (C=O) groups excluding carboxylic acids is 2. The van der Waals surface area contributed by atoms with E-state index in [-0.39, 0.29) is 12.3 Å². The lowest BCUT2D eigenvalue weighted by atomic mass is 9.86. The van der Waals surface area contributed by atoms with Gasteiger partial charge in [-0.05, 0) is 47.4 Å². The maximum atomic E-state index is 13.4. The molecule has 0 saturated carbocycles. The van der Waals surface area contributed by atoms with Crippen molar-refractivity contribution >= 4 is 23.3 Å². The van der Waals surface area contributed by atoms with Crippen LogP contribution in [0.1, 0.15) is 39.4 Å². The summed E-state index contributed by atoms with van der Waals surface area (Å²) >= 11 is 0. The summed E-state index contributed by atoms with van der Waals surface area (Å²) in [6, 6.07) is 22.1. The number of carboxylic acids is 1. The molecule has 0 saturated heterocycles. The number of hydrogen-bond donors (Lipinski definition) is 1. The van der Waals surface area contributed by atoms with Gasteiger partial charge < -0.3 is 25.3 Å². The zero-order chi connectivity index (χ0) is 21.8. The van der Waals surface area contributed by atoms with E-state index in [1.165, 1.54) is 0 Å². The lowest BCUT2D eigenvalue weighted by Gasteiger charge is -2.24. The highest BCUT2D eigenvalue weighted by molar-refractivity contribution is 6.09. The first kappa shape index (κ1) is 20.6. The minimum atomic E-state index is -1.15. The van der Waals surface area contributed by atoms with Crippen LogP contribution >= 0.6 is 0 Å². The Balaban J connectivity index is 1.60. The molecule has 1 aliphatic heterocycles. The van der Waals surface area contributed by atoms with Crippen molar-refractivity contribution in [3.05, 3.63) is 95.1 Å². The van der Waals surface area contributed by atoms with Gasteiger partial charge in [-0.3, -0.25) is 4.79 Å². The molecule has 6 nitrogen and oxygen atoms in total. The molecule has 0 aliphatic carbocycles. The van der Waals surface area contributed by atoms with E-state index in [1.807, 2.05) is 60.7 Å². The van der Waals surface area contributed by atoms with E-state index in [2.05, 4.69) is 0 Å². The fourth-order valence-corrected chi connectivity index (χ4v) is 4.01. The van der Waals surface area contributed by atoms with Crippen LogP contribution in [-0.2, 0) is 16.1 Å². The second kappa shape index (κ2) is 9.02. The number of carbonyl (C=O) groups is 2. The van der Waals surface area contributed by atoms with Crippen molar-refractivity contribution in [1.82, 2.24) is 0 Å². The summed E-state index contributed by atoms with van der Waals surface area (Å²) in [5.41, 5.74) is 10.1. The average Bonchev–Trinajstić information content (AvgIpc) is 2.87. The van der Waals surface area contributed by atoms with Gasteiger partial charge in [0.25, 0.3) is 5.91 Å². The fraction of sp³-hybridized carbons (Fsp3) is 0.200. The first-order valence-electron chi connectivity index (χ1n) is 10.2. The van der Waals surface area contributed by atoms with Gasteiger partial charge in [0.2, 0.25) is 0 Å². The Hall–Kier alpha value is -3.64. The quantitative estimate of drug-likeness (QED) is 0.473. The molecule has 1 unspecified atom stereocenters. The lowest BCUT2D eigenvalue weighted by molar-refractivity contribution is -0.305. The lowest BCUT2D eigenvalue weighted by Crippen LogP contribution is -2.34. The van der Waals surface area contributed by atoms with Crippen molar-refractivity contribution in [2.75, 3.05) is 23.8 Å². The molecule has 0 bridgehead atoms. The number of rotatable bonds is 7. The smallest absolute Gasteiger partial charge is 0.258 e. The number of anilines is 2. The van der Waals surface area contributed by atoms with E-state index >= 15 is 0 Å². The van der Waals surface area contributed by atoms with Crippen molar-refractivity contribution in [3.8, 4) is 0 Å². The van der Waals surface area contributed by atoms with Crippen LogP contribution in [0, 0.1) is 0 Å². The first-order chi connectivity index (χ1) is 15.0. The summed E-state index contributed by atoms with van der Waals surface area (Å²) in [4.78, 5) is 26.6. The van der Waals surface area contributed by atoms with Crippen LogP contribution in [-0.4, -0.2) is 25.0 Å². The molecule has 4 rings (SSSR count). The molecule has 31 heavy (non-hydrogen) atoms. The molecule has 6 heteroatoms. The van der Waals surface area contributed by atoms with Crippen LogP contribution in [0.2, 0.25) is 0 Å². The molecule has 1 heterocycles. The number of nitrogen functional groups attached to an aromatic ring is 1. The second-order valence-electron chi connectivity index (χ2n) is 7.53. The van der Waals surface area contributed by atoms with Gasteiger partial charge >= 0.3 is 0 Å². The molecular weight excluding hydrogens is 392 g/mol. The predicted molar refractivity (Wildman–Crippen MR) is 117 cm³/mol. The predicted octanol–water partition coefficient (Wildman–Crippen LogP) is 2.72. The van der Waals surface area contributed by atoms with Crippen LogP contribution < -0.4 is 15.7 Å². The van der Waals surface area contributed by atoms with Crippen LogP contribution in [0.15, 0.2) is 72.8 Å². The van der Waals surface area contributed by atoms with Gasteiger partial charge in [-0.1, -0.05) is 48.5 Å². The van der Waals surface area contributed by atoms with Gasteiger partial charge in [-0.2, -0.15) is 0 Å². The Morgan fingerprint density at radius 2 is 1.65 bits per heavy atom. The fourth-order valence-electron chi connectivity index (χ4n) is 4.01. The van der Waals surface area contributed by atoms with E-state index in [0.717, 1.165) is 11.1 Å². The number of hydrogen-bond acceptors (Lipinski definition) is 5. The Morgan fingerprint density at radius 1 is 0.968 bits per heavy atom. The summed E-state index contributed by atoms with van der Waals surface area (Å²) in [6.45, 7) is 1.09. The highest BCUT2D eigenvalue weighted by atomic mass is 16.5. The summed E-state index contributed by atoms with van der Waals surface area (Å²) < 4.78 is 5.81. The third-order valence-corrected chi connectivity index (χ3v) is 5.49. The van der Waals surface area contributed by atoms with Gasteiger partial charge in [0, 0.05) is 35.4 Å². The van der Waals surface area contributed by atoms with E-state index in [4.69, 9.17) is 10.5 Å². The number of para-hydroxylation sites is 1. The SMILES string of the molecule is Nc1ccc(COCCN2C(=O)c3ccccc3C(CC(=O)[O-])c3ccccc32)cc1. The van der Waals surface area contributed by atoms with Crippen molar-refractivity contribution in [2.24, 2.45) is 0 Å². The highest BCUT2D eigenvalue weighted by Gasteiger charge is 2.32. The standard InChI is InChI=1S/C25H24N2O4/c26-18-11-9-17(10-12-18)16-31-14-13-27-23-8-4-3-6-20(23)22(15-24(28)29)19-5-1-2-7-21(19)25(27)30/h1-12,22H,13-16,26H2,(H,28,29)/p-1. The molecule has 3 aromatic rings. The first-order valence-corrected chi connectivity index (χ1v) is 10.2. The van der Waals surface area contributed by atoms with E-state index in [0.29, 0.717) is 42.3 Å². The van der Waals surface area contributed by atoms with E-state index in [1.54, 1.807) is 17.0 Å². The number of ether oxygens (including phenoxy) is 1. The topological polar surface area (TPSA) is 95.7 Å². The minimum Gasteiger partial charge on any atom is -0.550 e. The molecule has 3 aromatic carbocycles. The maximum Gasteiger partial charge on any atom is 0.258 e. The number of amides is 1.